The molecule has 3 heteroatoms. The lowest BCUT2D eigenvalue weighted by molar-refractivity contribution is -0.0281. The molecular weight excluding hydrogens is 631 g/mol. The lowest BCUT2D eigenvalue weighted by atomic mass is 9.41. The average molecular weight is 672 g/mol. The Morgan fingerprint density at radius 2 is 0.808 bits per heavy atom. The number of pyridine rings is 1. The van der Waals surface area contributed by atoms with E-state index in [-0.39, 0.29) is 10.8 Å². The van der Waals surface area contributed by atoms with Crippen LogP contribution in [0.4, 0.5) is 0 Å². The van der Waals surface area contributed by atoms with Crippen LogP contribution in [0, 0.1) is 11.8 Å². The highest BCUT2D eigenvalue weighted by Gasteiger charge is 2.58. The van der Waals surface area contributed by atoms with E-state index < -0.39 is 0 Å². The van der Waals surface area contributed by atoms with Crippen LogP contribution in [0.5, 0.6) is 0 Å². The first-order valence-electron chi connectivity index (χ1n) is 18.8. The Morgan fingerprint density at radius 3 is 1.27 bits per heavy atom. The maximum absolute atomic E-state index is 5.04. The molecule has 2 heterocycles. The standard InChI is InChI=1S/C49H41N3/c1-3-7-40(8-4-1)45-28-46(41-9-5-2-6-10-41)52-47(51-45)42-13-11-36(12-14-42)37-15-19-43(20-16-37)48-29-34-27-35(30-48)32-49(31-34,33-48)44-21-17-38(18-22-44)39-23-25-50-26-24-39/h1-26,28,34-35H,27,29-33H2. The minimum Gasteiger partial charge on any atom is -0.265 e. The zero-order chi connectivity index (χ0) is 34.5. The Hall–Kier alpha value is -5.67. The Bertz CT molecular complexity index is 2260. The van der Waals surface area contributed by atoms with E-state index >= 15 is 0 Å². The molecule has 4 aliphatic carbocycles. The lowest BCUT2D eigenvalue weighted by Gasteiger charge is -2.63. The summed E-state index contributed by atoms with van der Waals surface area (Å²) in [6.07, 6.45) is 11.8. The fraction of sp³-hybridized carbons (Fsp3) is 0.204. The first-order chi connectivity index (χ1) is 25.6. The van der Waals surface area contributed by atoms with Crippen molar-refractivity contribution in [2.24, 2.45) is 11.8 Å². The van der Waals surface area contributed by atoms with Gasteiger partial charge < -0.3 is 0 Å². The third-order valence-electron chi connectivity index (χ3n) is 12.4. The second-order valence-corrected chi connectivity index (χ2v) is 15.7. The van der Waals surface area contributed by atoms with Gasteiger partial charge in [-0.3, -0.25) is 4.98 Å². The summed E-state index contributed by atoms with van der Waals surface area (Å²) in [5.74, 6) is 2.38. The molecule has 7 aromatic rings. The minimum atomic E-state index is 0.272. The van der Waals surface area contributed by atoms with E-state index in [4.69, 9.17) is 9.97 Å². The molecule has 0 spiro atoms. The van der Waals surface area contributed by atoms with Crippen LogP contribution in [0.15, 0.2) is 164 Å². The van der Waals surface area contributed by atoms with Crippen LogP contribution in [0.1, 0.15) is 49.7 Å². The molecule has 0 aliphatic heterocycles. The zero-order valence-corrected chi connectivity index (χ0v) is 29.3. The van der Waals surface area contributed by atoms with Gasteiger partial charge in [0.25, 0.3) is 0 Å². The monoisotopic (exact) mass is 671 g/mol. The largest absolute Gasteiger partial charge is 0.265 e. The van der Waals surface area contributed by atoms with Gasteiger partial charge in [0.2, 0.25) is 0 Å². The van der Waals surface area contributed by atoms with Crippen LogP contribution in [0.2, 0.25) is 0 Å². The molecular formula is C49H41N3. The van der Waals surface area contributed by atoms with Crippen molar-refractivity contribution in [1.82, 2.24) is 15.0 Å². The third-order valence-corrected chi connectivity index (χ3v) is 12.4. The fourth-order valence-corrected chi connectivity index (χ4v) is 10.4. The summed E-state index contributed by atoms with van der Waals surface area (Å²) in [7, 11) is 0. The van der Waals surface area contributed by atoms with Crippen molar-refractivity contribution in [2.45, 2.75) is 49.4 Å². The summed E-state index contributed by atoms with van der Waals surface area (Å²) in [6, 6.07) is 55.0. The third kappa shape index (κ3) is 5.56. The minimum absolute atomic E-state index is 0.272. The van der Waals surface area contributed by atoms with E-state index in [1.807, 2.05) is 24.5 Å². The topological polar surface area (TPSA) is 38.7 Å². The molecule has 0 amide bonds. The van der Waals surface area contributed by atoms with Gasteiger partial charge in [-0.05, 0) is 113 Å². The van der Waals surface area contributed by atoms with Crippen molar-refractivity contribution >= 4 is 0 Å². The summed E-state index contributed by atoms with van der Waals surface area (Å²) in [4.78, 5) is 14.3. The van der Waals surface area contributed by atoms with E-state index in [2.05, 4.69) is 145 Å². The SMILES string of the molecule is c1ccc(-c2cc(-c3ccccc3)nc(-c3ccc(-c4ccc(C56CC7CC(CC(c8ccc(-c9ccncc9)cc8)(C7)C5)C6)cc4)cc3)n2)cc1. The van der Waals surface area contributed by atoms with Crippen LogP contribution in [0.3, 0.4) is 0 Å². The Morgan fingerprint density at radius 1 is 0.404 bits per heavy atom. The summed E-state index contributed by atoms with van der Waals surface area (Å²) >= 11 is 0. The van der Waals surface area contributed by atoms with E-state index in [1.54, 1.807) is 11.1 Å². The van der Waals surface area contributed by atoms with Crippen molar-refractivity contribution < 1.29 is 0 Å². The van der Waals surface area contributed by atoms with Crippen LogP contribution in [-0.4, -0.2) is 15.0 Å². The van der Waals surface area contributed by atoms with Crippen molar-refractivity contribution in [3.63, 3.8) is 0 Å². The first kappa shape index (κ1) is 31.1. The van der Waals surface area contributed by atoms with Gasteiger partial charge in [-0.25, -0.2) is 9.97 Å². The quantitative estimate of drug-likeness (QED) is 0.169. The van der Waals surface area contributed by atoms with E-state index in [0.29, 0.717) is 0 Å². The summed E-state index contributed by atoms with van der Waals surface area (Å²) in [5.41, 5.74) is 13.7. The van der Waals surface area contributed by atoms with E-state index in [9.17, 15) is 0 Å². The van der Waals surface area contributed by atoms with Gasteiger partial charge in [-0.1, -0.05) is 133 Å². The number of aromatic nitrogens is 3. The summed E-state index contributed by atoms with van der Waals surface area (Å²) in [6.45, 7) is 0. The number of hydrogen-bond donors (Lipinski definition) is 0. The molecule has 11 rings (SSSR count). The van der Waals surface area contributed by atoms with Crippen LogP contribution in [-0.2, 0) is 10.8 Å². The van der Waals surface area contributed by atoms with Gasteiger partial charge in [0, 0.05) is 29.1 Å². The molecule has 0 radical (unpaired) electrons. The van der Waals surface area contributed by atoms with Crippen molar-refractivity contribution in [1.29, 1.82) is 0 Å². The summed E-state index contributed by atoms with van der Waals surface area (Å²) in [5, 5.41) is 0. The van der Waals surface area contributed by atoms with Gasteiger partial charge >= 0.3 is 0 Å². The average Bonchev–Trinajstić information content (AvgIpc) is 3.21. The highest BCUT2D eigenvalue weighted by molar-refractivity contribution is 5.73. The van der Waals surface area contributed by atoms with Gasteiger partial charge in [0.15, 0.2) is 5.82 Å². The molecule has 252 valence electrons. The number of rotatable bonds is 7. The molecule has 5 aromatic carbocycles. The fourth-order valence-electron chi connectivity index (χ4n) is 10.4. The smallest absolute Gasteiger partial charge is 0.160 e. The molecule has 2 atom stereocenters. The highest BCUT2D eigenvalue weighted by atomic mass is 14.9. The number of nitrogens with zero attached hydrogens (tertiary/aromatic N) is 3. The summed E-state index contributed by atoms with van der Waals surface area (Å²) < 4.78 is 0. The lowest BCUT2D eigenvalue weighted by Crippen LogP contribution is -2.55. The van der Waals surface area contributed by atoms with E-state index in [0.717, 1.165) is 45.7 Å². The molecule has 0 saturated heterocycles. The molecule has 4 aliphatic rings. The van der Waals surface area contributed by atoms with Crippen LogP contribution in [0.25, 0.3) is 56.2 Å². The number of benzene rings is 5. The Balaban J connectivity index is 0.923. The highest BCUT2D eigenvalue weighted by Crippen LogP contribution is 2.66. The molecule has 4 saturated carbocycles. The zero-order valence-electron chi connectivity index (χ0n) is 29.3. The van der Waals surface area contributed by atoms with Gasteiger partial charge in [-0.15, -0.1) is 0 Å². The predicted molar refractivity (Wildman–Crippen MR) is 211 cm³/mol. The van der Waals surface area contributed by atoms with Gasteiger partial charge in [0.1, 0.15) is 0 Å². The molecule has 0 N–H and O–H groups in total. The maximum atomic E-state index is 5.04. The number of hydrogen-bond acceptors (Lipinski definition) is 3. The predicted octanol–water partition coefficient (Wildman–Crippen LogP) is 12.0. The van der Waals surface area contributed by atoms with Crippen molar-refractivity contribution in [2.75, 3.05) is 0 Å². The Kier molecular flexibility index (Phi) is 7.49. The maximum Gasteiger partial charge on any atom is 0.160 e. The van der Waals surface area contributed by atoms with Crippen molar-refractivity contribution in [3.8, 4) is 56.2 Å². The van der Waals surface area contributed by atoms with Crippen molar-refractivity contribution in [3.05, 3.63) is 175 Å². The Labute approximate surface area is 306 Å². The molecule has 3 nitrogen and oxygen atoms in total. The van der Waals surface area contributed by atoms with Gasteiger partial charge in [0.05, 0.1) is 11.4 Å². The molecule has 52 heavy (non-hydrogen) atoms. The van der Waals surface area contributed by atoms with Crippen LogP contribution >= 0.6 is 0 Å². The molecule has 4 bridgehead atoms. The molecule has 2 aromatic heterocycles. The van der Waals surface area contributed by atoms with Crippen LogP contribution < -0.4 is 0 Å². The molecule has 4 fully saturated rings. The molecule has 2 unspecified atom stereocenters. The van der Waals surface area contributed by atoms with E-state index in [1.165, 1.54) is 60.8 Å². The second-order valence-electron chi connectivity index (χ2n) is 15.7. The normalized spacial score (nSPS) is 23.1. The first-order valence-corrected chi connectivity index (χ1v) is 18.8. The van der Waals surface area contributed by atoms with Gasteiger partial charge in [-0.2, -0.15) is 0 Å². The second kappa shape index (κ2) is 12.5.